The normalized spacial score (nSPS) is 22.5. The number of para-hydroxylation sites is 1. The SMILES string of the molecule is CC(=O)O.CC(=O)O.OCC12CNCC1CN(CCCCOc1ccccc1)C2. The number of carboxylic acid groups (broad SMARTS) is 2. The van der Waals surface area contributed by atoms with Crippen LogP contribution >= 0.6 is 0 Å². The maximum Gasteiger partial charge on any atom is 0.300 e. The number of likely N-dealkylation sites (tertiary alicyclic amines) is 1. The number of nitrogens with one attached hydrogen (secondary N) is 1. The van der Waals surface area contributed by atoms with E-state index in [0.717, 1.165) is 71.8 Å². The Morgan fingerprint density at radius 2 is 1.79 bits per heavy atom. The smallest absolute Gasteiger partial charge is 0.300 e. The molecule has 2 fully saturated rings. The van der Waals surface area contributed by atoms with Crippen molar-refractivity contribution in [3.8, 4) is 5.75 Å². The van der Waals surface area contributed by atoms with Gasteiger partial charge in [0.2, 0.25) is 0 Å². The number of carboxylic acids is 2. The third kappa shape index (κ3) is 9.74. The summed E-state index contributed by atoms with van der Waals surface area (Å²) in [5.74, 6) is -0.0819. The number of aliphatic hydroxyl groups is 1. The number of carbonyl (C=O) groups is 2. The Morgan fingerprint density at radius 1 is 1.17 bits per heavy atom. The second kappa shape index (κ2) is 13.1. The number of unbranched alkanes of at least 4 members (excludes halogenated alkanes) is 1. The molecule has 2 heterocycles. The van der Waals surface area contributed by atoms with Crippen molar-refractivity contribution < 1.29 is 29.6 Å². The van der Waals surface area contributed by atoms with Crippen molar-refractivity contribution in [2.45, 2.75) is 26.7 Å². The minimum Gasteiger partial charge on any atom is -0.494 e. The van der Waals surface area contributed by atoms with Gasteiger partial charge in [0.1, 0.15) is 5.75 Å². The molecule has 2 unspecified atom stereocenters. The highest BCUT2D eigenvalue weighted by Crippen LogP contribution is 2.38. The Balaban J connectivity index is 0.000000452. The summed E-state index contributed by atoms with van der Waals surface area (Å²) in [4.78, 5) is 20.5. The van der Waals surface area contributed by atoms with Crippen LogP contribution in [0, 0.1) is 11.3 Å². The molecule has 0 aromatic heterocycles. The summed E-state index contributed by atoms with van der Waals surface area (Å²) < 4.78 is 5.72. The fourth-order valence-electron chi connectivity index (χ4n) is 3.67. The van der Waals surface area contributed by atoms with Crippen molar-refractivity contribution in [2.24, 2.45) is 11.3 Å². The van der Waals surface area contributed by atoms with Gasteiger partial charge >= 0.3 is 0 Å². The molecule has 2 aliphatic heterocycles. The number of aliphatic carboxylic acids is 2. The summed E-state index contributed by atoms with van der Waals surface area (Å²) in [5.41, 5.74) is 0.126. The molecule has 1 aromatic rings. The van der Waals surface area contributed by atoms with Crippen molar-refractivity contribution >= 4 is 11.9 Å². The van der Waals surface area contributed by atoms with E-state index in [0.29, 0.717) is 12.5 Å². The number of fused-ring (bicyclic) bond motifs is 1. The number of rotatable bonds is 7. The van der Waals surface area contributed by atoms with E-state index < -0.39 is 11.9 Å². The van der Waals surface area contributed by atoms with E-state index in [1.807, 2.05) is 30.3 Å². The van der Waals surface area contributed by atoms with Gasteiger partial charge < -0.3 is 30.3 Å². The van der Waals surface area contributed by atoms with Crippen LogP contribution in [0.15, 0.2) is 30.3 Å². The third-order valence-electron chi connectivity index (χ3n) is 4.95. The van der Waals surface area contributed by atoms with E-state index in [1.165, 1.54) is 0 Å². The summed E-state index contributed by atoms with van der Waals surface area (Å²) in [7, 11) is 0. The molecule has 3 rings (SSSR count). The van der Waals surface area contributed by atoms with Gasteiger partial charge in [-0.25, -0.2) is 0 Å². The summed E-state index contributed by atoms with van der Waals surface area (Å²) >= 11 is 0. The third-order valence-corrected chi connectivity index (χ3v) is 4.95. The van der Waals surface area contributed by atoms with E-state index in [1.54, 1.807) is 0 Å². The summed E-state index contributed by atoms with van der Waals surface area (Å²) in [6, 6.07) is 10.0. The van der Waals surface area contributed by atoms with Crippen LogP contribution in [0.1, 0.15) is 26.7 Å². The lowest BCUT2D eigenvalue weighted by molar-refractivity contribution is -0.135. The second-order valence-corrected chi connectivity index (χ2v) is 7.49. The van der Waals surface area contributed by atoms with E-state index in [-0.39, 0.29) is 5.41 Å². The van der Waals surface area contributed by atoms with Crippen molar-refractivity contribution in [3.05, 3.63) is 30.3 Å². The predicted molar refractivity (Wildman–Crippen MR) is 110 cm³/mol. The van der Waals surface area contributed by atoms with Crippen LogP contribution in [0.2, 0.25) is 0 Å². The lowest BCUT2D eigenvalue weighted by Gasteiger charge is -2.25. The molecule has 8 heteroatoms. The van der Waals surface area contributed by atoms with Crippen LogP contribution in [-0.2, 0) is 9.59 Å². The minimum atomic E-state index is -0.833. The molecule has 2 saturated heterocycles. The number of hydrogen-bond acceptors (Lipinski definition) is 6. The zero-order chi connectivity index (χ0) is 21.7. The fourth-order valence-corrected chi connectivity index (χ4v) is 3.67. The Bertz CT molecular complexity index is 592. The maximum absolute atomic E-state index is 9.69. The van der Waals surface area contributed by atoms with Crippen LogP contribution in [0.4, 0.5) is 0 Å². The molecular formula is C21H34N2O6. The standard InChI is InChI=1S/C17H26N2O2.2C2H4O2/c20-14-17-12-18-10-15(17)11-19(13-17)8-4-5-9-21-16-6-2-1-3-7-16;2*1-2(3)4/h1-3,6-7,15,18,20H,4-5,8-14H2;2*1H3,(H,3,4). The van der Waals surface area contributed by atoms with Crippen LogP contribution in [-0.4, -0.2) is 78.1 Å². The molecule has 0 saturated carbocycles. The molecule has 0 spiro atoms. The highest BCUT2D eigenvalue weighted by atomic mass is 16.5. The molecular weight excluding hydrogens is 376 g/mol. The van der Waals surface area contributed by atoms with Crippen molar-refractivity contribution in [1.82, 2.24) is 10.2 Å². The topological polar surface area (TPSA) is 119 Å². The molecule has 1 aromatic carbocycles. The van der Waals surface area contributed by atoms with E-state index >= 15 is 0 Å². The van der Waals surface area contributed by atoms with Gasteiger partial charge in [-0.05, 0) is 44.0 Å². The van der Waals surface area contributed by atoms with Gasteiger partial charge in [0.25, 0.3) is 11.9 Å². The lowest BCUT2D eigenvalue weighted by Crippen LogP contribution is -2.36. The van der Waals surface area contributed by atoms with E-state index in [2.05, 4.69) is 10.2 Å². The highest BCUT2D eigenvalue weighted by molar-refractivity contribution is 5.63. The van der Waals surface area contributed by atoms with E-state index in [9.17, 15) is 5.11 Å². The van der Waals surface area contributed by atoms with Gasteiger partial charge in [-0.15, -0.1) is 0 Å². The Hall–Kier alpha value is -2.16. The van der Waals surface area contributed by atoms with Gasteiger partial charge in [0, 0.05) is 38.9 Å². The predicted octanol–water partition coefficient (Wildman–Crippen LogP) is 1.54. The minimum absolute atomic E-state index is 0.126. The fraction of sp³-hybridized carbons (Fsp3) is 0.619. The molecule has 4 N–H and O–H groups in total. The van der Waals surface area contributed by atoms with Gasteiger partial charge in [0.15, 0.2) is 0 Å². The van der Waals surface area contributed by atoms with Gasteiger partial charge in [-0.3, -0.25) is 9.59 Å². The quantitative estimate of drug-likeness (QED) is 0.500. The van der Waals surface area contributed by atoms with Crippen molar-refractivity contribution in [3.63, 3.8) is 0 Å². The Labute approximate surface area is 172 Å². The average Bonchev–Trinajstić information content (AvgIpc) is 3.18. The van der Waals surface area contributed by atoms with Crippen LogP contribution in [0.5, 0.6) is 5.75 Å². The molecule has 8 nitrogen and oxygen atoms in total. The molecule has 164 valence electrons. The number of nitrogens with zero attached hydrogens (tertiary/aromatic N) is 1. The van der Waals surface area contributed by atoms with Crippen molar-refractivity contribution in [2.75, 3.05) is 45.9 Å². The van der Waals surface area contributed by atoms with Gasteiger partial charge in [-0.1, -0.05) is 18.2 Å². The maximum atomic E-state index is 9.69. The number of benzene rings is 1. The number of ether oxygens (including phenoxy) is 1. The largest absolute Gasteiger partial charge is 0.494 e. The molecule has 0 radical (unpaired) electrons. The molecule has 29 heavy (non-hydrogen) atoms. The second-order valence-electron chi connectivity index (χ2n) is 7.49. The van der Waals surface area contributed by atoms with Crippen LogP contribution in [0.25, 0.3) is 0 Å². The molecule has 0 aliphatic carbocycles. The summed E-state index contributed by atoms with van der Waals surface area (Å²) in [5, 5.41) is 28.0. The first kappa shape index (κ1) is 24.9. The molecule has 2 atom stereocenters. The molecule has 0 amide bonds. The first-order valence-corrected chi connectivity index (χ1v) is 9.90. The van der Waals surface area contributed by atoms with Gasteiger partial charge in [0.05, 0.1) is 13.2 Å². The van der Waals surface area contributed by atoms with E-state index in [4.69, 9.17) is 24.5 Å². The first-order chi connectivity index (χ1) is 13.8. The van der Waals surface area contributed by atoms with Gasteiger partial charge in [-0.2, -0.15) is 0 Å². The zero-order valence-electron chi connectivity index (χ0n) is 17.3. The average molecular weight is 411 g/mol. The highest BCUT2D eigenvalue weighted by Gasteiger charge is 2.48. The summed E-state index contributed by atoms with van der Waals surface area (Å²) in [6.45, 7) is 8.60. The summed E-state index contributed by atoms with van der Waals surface area (Å²) in [6.07, 6.45) is 2.24. The van der Waals surface area contributed by atoms with Crippen molar-refractivity contribution in [1.29, 1.82) is 0 Å². The lowest BCUT2D eigenvalue weighted by atomic mass is 9.82. The van der Waals surface area contributed by atoms with Crippen LogP contribution < -0.4 is 10.1 Å². The molecule has 2 aliphatic rings. The zero-order valence-corrected chi connectivity index (χ0v) is 17.3. The molecule has 0 bridgehead atoms. The number of aliphatic hydroxyl groups excluding tert-OH is 1. The first-order valence-electron chi connectivity index (χ1n) is 9.90. The Morgan fingerprint density at radius 3 is 2.34 bits per heavy atom. The Kier molecular flexibility index (Phi) is 11.3. The van der Waals surface area contributed by atoms with Crippen LogP contribution in [0.3, 0.4) is 0 Å². The monoisotopic (exact) mass is 410 g/mol. The number of hydrogen-bond donors (Lipinski definition) is 4.